The SMILES string of the molecule is CCCCOc1cccc(C2OC3=C(c4cc5cc(-c6cnc(C7CCCN7CC(NC(=O)OC)C(C)C)[nH]6)ccc5n42)C(F)CC(c2cnc(C4CCCN4C(=O)C(NC(=O)O)C(C)C)[nH]2)=C3)c1. The lowest BCUT2D eigenvalue weighted by molar-refractivity contribution is -0.135. The van der Waals surface area contributed by atoms with Gasteiger partial charge in [-0.15, -0.1) is 0 Å². The minimum atomic E-state index is -1.42. The smallest absolute Gasteiger partial charge is 0.407 e. The van der Waals surface area contributed by atoms with Crippen molar-refractivity contribution in [3.63, 3.8) is 0 Å². The Kier molecular flexibility index (Phi) is 13.9. The first-order chi connectivity index (χ1) is 33.3. The average Bonchev–Trinajstić information content (AvgIpc) is 4.19. The second kappa shape index (κ2) is 20.2. The summed E-state index contributed by atoms with van der Waals surface area (Å²) in [5.74, 6) is 2.27. The van der Waals surface area contributed by atoms with Crippen LogP contribution in [0.5, 0.6) is 5.75 Å². The summed E-state index contributed by atoms with van der Waals surface area (Å²) < 4.78 is 37.2. The molecule has 0 bridgehead atoms. The van der Waals surface area contributed by atoms with Crippen LogP contribution in [0.2, 0.25) is 0 Å². The number of fused-ring (bicyclic) bond motifs is 4. The minimum absolute atomic E-state index is 0.0685. The number of alkyl halides is 1. The molecule has 69 heavy (non-hydrogen) atoms. The quantitative estimate of drug-likeness (QED) is 0.0596. The van der Waals surface area contributed by atoms with Crippen molar-refractivity contribution < 1.29 is 38.1 Å². The normalized spacial score (nSPS) is 21.2. The van der Waals surface area contributed by atoms with Crippen molar-refractivity contribution in [2.24, 2.45) is 11.8 Å². The third-order valence-electron chi connectivity index (χ3n) is 14.1. The third-order valence-corrected chi connectivity index (χ3v) is 14.1. The zero-order valence-electron chi connectivity index (χ0n) is 40.3. The lowest BCUT2D eigenvalue weighted by Gasteiger charge is -2.34. The van der Waals surface area contributed by atoms with Crippen LogP contribution in [0.15, 0.2) is 72.8 Å². The molecule has 3 aromatic heterocycles. The largest absolute Gasteiger partial charge is 0.494 e. The summed E-state index contributed by atoms with van der Waals surface area (Å²) in [6.45, 7) is 12.6. The Morgan fingerprint density at radius 3 is 2.45 bits per heavy atom. The highest BCUT2D eigenvalue weighted by Gasteiger charge is 2.40. The zero-order chi connectivity index (χ0) is 48.5. The average molecular weight is 946 g/mol. The van der Waals surface area contributed by atoms with E-state index in [2.05, 4.69) is 75.1 Å². The first-order valence-electron chi connectivity index (χ1n) is 24.4. The molecular weight excluding hydrogens is 882 g/mol. The van der Waals surface area contributed by atoms with Crippen LogP contribution in [-0.2, 0) is 14.3 Å². The molecule has 3 aliphatic heterocycles. The van der Waals surface area contributed by atoms with E-state index in [-0.39, 0.29) is 42.3 Å². The first-order valence-corrected chi connectivity index (χ1v) is 24.4. The van der Waals surface area contributed by atoms with E-state index in [4.69, 9.17) is 24.2 Å². The molecule has 0 spiro atoms. The van der Waals surface area contributed by atoms with Crippen LogP contribution in [0.25, 0.3) is 33.3 Å². The Morgan fingerprint density at radius 1 is 0.942 bits per heavy atom. The van der Waals surface area contributed by atoms with Crippen molar-refractivity contribution in [2.45, 2.75) is 116 Å². The van der Waals surface area contributed by atoms with Gasteiger partial charge in [0.2, 0.25) is 12.1 Å². The molecule has 6 heterocycles. The lowest BCUT2D eigenvalue weighted by Crippen LogP contribution is -2.50. The van der Waals surface area contributed by atoms with Crippen molar-refractivity contribution in [3.8, 4) is 17.0 Å². The van der Waals surface area contributed by atoms with Gasteiger partial charge < -0.3 is 49.4 Å². The maximum Gasteiger partial charge on any atom is 0.407 e. The number of carboxylic acid groups (broad SMARTS) is 1. The summed E-state index contributed by atoms with van der Waals surface area (Å²) in [5.41, 5.74) is 6.04. The predicted molar refractivity (Wildman–Crippen MR) is 260 cm³/mol. The van der Waals surface area contributed by atoms with E-state index < -0.39 is 30.6 Å². The number of imidazole rings is 2. The number of hydrogen-bond donors (Lipinski definition) is 5. The van der Waals surface area contributed by atoms with Crippen LogP contribution in [0.3, 0.4) is 0 Å². The van der Waals surface area contributed by atoms with Gasteiger partial charge in [-0.3, -0.25) is 9.69 Å². The number of aromatic nitrogens is 5. The highest BCUT2D eigenvalue weighted by atomic mass is 19.1. The summed E-state index contributed by atoms with van der Waals surface area (Å²) in [6, 6.07) is 14.9. The van der Waals surface area contributed by atoms with Crippen LogP contribution < -0.4 is 15.4 Å². The van der Waals surface area contributed by atoms with E-state index >= 15 is 4.39 Å². The number of alkyl carbamates (subject to hydrolysis) is 1. The van der Waals surface area contributed by atoms with Gasteiger partial charge in [0.15, 0.2) is 0 Å². The molecule has 3 amide bonds. The van der Waals surface area contributed by atoms with Crippen molar-refractivity contribution in [3.05, 3.63) is 101 Å². The van der Waals surface area contributed by atoms with E-state index in [0.29, 0.717) is 54.5 Å². The van der Waals surface area contributed by atoms with Crippen LogP contribution in [-0.4, -0.2) is 109 Å². The van der Waals surface area contributed by atoms with Crippen LogP contribution in [0.1, 0.15) is 126 Å². The molecule has 17 heteroatoms. The van der Waals surface area contributed by atoms with Gasteiger partial charge in [0.25, 0.3) is 0 Å². The van der Waals surface area contributed by atoms with Gasteiger partial charge in [0.05, 0.1) is 66.4 Å². The number of amides is 3. The topological polar surface area (TPSA) is 192 Å². The fraction of sp³-hybridized carbons (Fsp3) is 0.481. The number of carbonyl (C=O) groups excluding carboxylic acids is 2. The number of likely N-dealkylation sites (tertiary alicyclic amines) is 2. The Balaban J connectivity index is 1.04. The second-order valence-corrected chi connectivity index (χ2v) is 19.4. The summed E-state index contributed by atoms with van der Waals surface area (Å²) >= 11 is 0. The molecule has 2 aromatic carbocycles. The minimum Gasteiger partial charge on any atom is -0.494 e. The summed E-state index contributed by atoms with van der Waals surface area (Å²) in [7, 11) is 1.38. The van der Waals surface area contributed by atoms with Gasteiger partial charge in [0, 0.05) is 42.1 Å². The number of allylic oxidation sites excluding steroid dienone is 3. The Labute approximate surface area is 401 Å². The maximum atomic E-state index is 17.1. The van der Waals surface area contributed by atoms with E-state index in [1.54, 1.807) is 11.1 Å². The standard InChI is InChI=1S/C52H64FN9O7/c1-7-8-20-68-35-13-9-12-32(22-35)50-62-40-17-16-31(37-26-54-47(56-37)41-14-10-18-60(41)28-39(29(2)3)58-52(66)67-6)21-34(40)24-43(62)45-36(53)23-33(25-44(45)69-50)38-27-55-48(57-38)42-15-11-19-61(42)49(63)46(30(4)5)59-51(64)65/h9,12-13,16-17,21-22,24-27,29-30,36,39,41-42,46,50,59H,7-8,10-11,14-15,18-20,23,28H2,1-6H3,(H,54,56)(H,55,57)(H,58,66)(H,64,65). The molecule has 9 rings (SSSR count). The fourth-order valence-electron chi connectivity index (χ4n) is 10.4. The molecule has 2 fully saturated rings. The van der Waals surface area contributed by atoms with Crippen LogP contribution in [0, 0.1) is 11.8 Å². The predicted octanol–water partition coefficient (Wildman–Crippen LogP) is 9.52. The highest BCUT2D eigenvalue weighted by molar-refractivity contribution is 5.92. The molecular formula is C52H64FN9O7. The van der Waals surface area contributed by atoms with Gasteiger partial charge >= 0.3 is 12.2 Å². The van der Waals surface area contributed by atoms with Gasteiger partial charge in [0.1, 0.15) is 35.4 Å². The fourth-order valence-corrected chi connectivity index (χ4v) is 10.4. The molecule has 5 N–H and O–H groups in total. The lowest BCUT2D eigenvalue weighted by atomic mass is 9.90. The number of benzene rings is 2. The summed E-state index contributed by atoms with van der Waals surface area (Å²) in [5, 5.41) is 15.8. The Bertz CT molecular complexity index is 2760. The van der Waals surface area contributed by atoms with Crippen molar-refractivity contribution in [1.82, 2.24) is 44.9 Å². The van der Waals surface area contributed by atoms with Crippen molar-refractivity contribution in [1.29, 1.82) is 0 Å². The molecule has 5 aromatic rings. The summed E-state index contributed by atoms with van der Waals surface area (Å²) in [6.07, 6.45) is 7.07. The molecule has 4 aliphatic rings. The molecule has 6 unspecified atom stereocenters. The number of rotatable bonds is 16. The van der Waals surface area contributed by atoms with E-state index in [1.165, 1.54) is 7.11 Å². The van der Waals surface area contributed by atoms with Gasteiger partial charge in [-0.05, 0) is 92.5 Å². The molecule has 0 saturated carbocycles. The molecule has 2 saturated heterocycles. The van der Waals surface area contributed by atoms with Gasteiger partial charge in [-0.2, -0.15) is 0 Å². The van der Waals surface area contributed by atoms with Crippen molar-refractivity contribution in [2.75, 3.05) is 33.4 Å². The van der Waals surface area contributed by atoms with Gasteiger partial charge in [-0.25, -0.2) is 23.9 Å². The zero-order valence-corrected chi connectivity index (χ0v) is 40.3. The molecule has 6 atom stereocenters. The van der Waals surface area contributed by atoms with Gasteiger partial charge in [-0.1, -0.05) is 59.2 Å². The maximum absolute atomic E-state index is 17.1. The molecule has 1 aliphatic carbocycles. The van der Waals surface area contributed by atoms with Crippen LogP contribution in [0.4, 0.5) is 14.0 Å². The number of methoxy groups -OCH3 is 1. The second-order valence-electron chi connectivity index (χ2n) is 19.4. The highest BCUT2D eigenvalue weighted by Crippen LogP contribution is 2.47. The number of hydrogen-bond acceptors (Lipinski definition) is 9. The number of unbranched alkanes of at least 4 members (excludes halogenated alkanes) is 1. The molecule has 16 nitrogen and oxygen atoms in total. The number of carbonyl (C=O) groups is 3. The molecule has 0 radical (unpaired) electrons. The number of ether oxygens (including phenoxy) is 3. The number of aromatic amines is 2. The Morgan fingerprint density at radius 2 is 1.70 bits per heavy atom. The van der Waals surface area contributed by atoms with Crippen molar-refractivity contribution >= 4 is 40.1 Å². The Hall–Kier alpha value is -6.62. The van der Waals surface area contributed by atoms with E-state index in [0.717, 1.165) is 83.6 Å². The number of nitrogens with zero attached hydrogens (tertiary/aromatic N) is 5. The monoisotopic (exact) mass is 945 g/mol. The first kappa shape index (κ1) is 47.4. The third kappa shape index (κ3) is 9.70. The van der Waals surface area contributed by atoms with E-state index in [9.17, 15) is 19.5 Å². The van der Waals surface area contributed by atoms with Crippen LogP contribution >= 0.6 is 0 Å². The number of halogens is 1. The summed E-state index contributed by atoms with van der Waals surface area (Å²) in [4.78, 5) is 58.1. The number of H-pyrrole nitrogens is 2. The van der Waals surface area contributed by atoms with E-state index in [1.807, 2.05) is 50.4 Å². The number of nitrogens with one attached hydrogen (secondary N) is 4. The molecule has 366 valence electrons.